The van der Waals surface area contributed by atoms with Crippen molar-refractivity contribution in [1.82, 2.24) is 10.2 Å². The van der Waals surface area contributed by atoms with E-state index in [1.165, 1.54) is 12.2 Å². The summed E-state index contributed by atoms with van der Waals surface area (Å²) in [5.41, 5.74) is 0. The van der Waals surface area contributed by atoms with Gasteiger partial charge in [-0.15, -0.1) is 0 Å². The minimum Gasteiger partial charge on any atom is -0.378 e. The standard InChI is InChI=1S/C10H21N3OS/c1-13(2)6-8-14-7-5-12-10-11-4-3-9-15-10/h3-9H2,1-2H3,(H,11,12). The number of rotatable bonds is 6. The summed E-state index contributed by atoms with van der Waals surface area (Å²) in [6.45, 7) is 4.37. The molecule has 0 spiro atoms. The van der Waals surface area contributed by atoms with Crippen molar-refractivity contribution in [2.75, 3.05) is 52.7 Å². The van der Waals surface area contributed by atoms with Gasteiger partial charge in [-0.2, -0.15) is 0 Å². The maximum absolute atomic E-state index is 5.47. The highest BCUT2D eigenvalue weighted by Crippen LogP contribution is 2.09. The second kappa shape index (κ2) is 7.96. The first-order valence-corrected chi connectivity index (χ1v) is 6.41. The average Bonchev–Trinajstić information content (AvgIpc) is 2.24. The van der Waals surface area contributed by atoms with Crippen LogP contribution in [0.3, 0.4) is 0 Å². The SMILES string of the molecule is CN(C)CCOCCNC1=NCCCS1. The van der Waals surface area contributed by atoms with Gasteiger partial charge in [0, 0.05) is 25.4 Å². The van der Waals surface area contributed by atoms with Crippen LogP contribution in [0.1, 0.15) is 6.42 Å². The molecule has 1 N–H and O–H groups in total. The molecule has 0 fully saturated rings. The second-order valence-electron chi connectivity index (χ2n) is 3.73. The number of amidine groups is 1. The normalized spacial score (nSPS) is 16.6. The first kappa shape index (κ1) is 12.8. The van der Waals surface area contributed by atoms with Crippen molar-refractivity contribution >= 4 is 16.9 Å². The van der Waals surface area contributed by atoms with Gasteiger partial charge in [-0.25, -0.2) is 0 Å². The van der Waals surface area contributed by atoms with Crippen molar-refractivity contribution in [1.29, 1.82) is 0 Å². The molecular weight excluding hydrogens is 210 g/mol. The summed E-state index contributed by atoms with van der Waals surface area (Å²) >= 11 is 1.81. The molecule has 5 heteroatoms. The van der Waals surface area contributed by atoms with Crippen LogP contribution in [0.4, 0.5) is 0 Å². The summed E-state index contributed by atoms with van der Waals surface area (Å²) in [4.78, 5) is 6.50. The molecule has 0 unspecified atom stereocenters. The second-order valence-corrected chi connectivity index (χ2v) is 4.81. The fraction of sp³-hybridized carbons (Fsp3) is 0.900. The van der Waals surface area contributed by atoms with Gasteiger partial charge < -0.3 is 15.0 Å². The van der Waals surface area contributed by atoms with Gasteiger partial charge >= 0.3 is 0 Å². The van der Waals surface area contributed by atoms with Gasteiger partial charge in [0.15, 0.2) is 5.17 Å². The van der Waals surface area contributed by atoms with Gasteiger partial charge in [0.25, 0.3) is 0 Å². The Labute approximate surface area is 96.5 Å². The largest absolute Gasteiger partial charge is 0.378 e. The number of nitrogens with zero attached hydrogens (tertiary/aromatic N) is 2. The van der Waals surface area contributed by atoms with Gasteiger partial charge in [-0.3, -0.25) is 4.99 Å². The van der Waals surface area contributed by atoms with Crippen molar-refractivity contribution in [3.05, 3.63) is 0 Å². The van der Waals surface area contributed by atoms with E-state index < -0.39 is 0 Å². The zero-order valence-corrected chi connectivity index (χ0v) is 10.5. The average molecular weight is 231 g/mol. The van der Waals surface area contributed by atoms with Crippen LogP contribution in [-0.2, 0) is 4.74 Å². The summed E-state index contributed by atoms with van der Waals surface area (Å²) < 4.78 is 5.47. The van der Waals surface area contributed by atoms with Gasteiger partial charge in [-0.1, -0.05) is 11.8 Å². The fourth-order valence-corrected chi connectivity index (χ4v) is 2.00. The van der Waals surface area contributed by atoms with Crippen LogP contribution in [-0.4, -0.2) is 62.8 Å². The molecule has 15 heavy (non-hydrogen) atoms. The van der Waals surface area contributed by atoms with Crippen LogP contribution in [0.25, 0.3) is 0 Å². The third kappa shape index (κ3) is 6.76. The van der Waals surface area contributed by atoms with Crippen LogP contribution < -0.4 is 5.32 Å². The first-order valence-electron chi connectivity index (χ1n) is 5.42. The molecule has 0 aromatic carbocycles. The maximum Gasteiger partial charge on any atom is 0.156 e. The highest BCUT2D eigenvalue weighted by Gasteiger charge is 2.03. The van der Waals surface area contributed by atoms with E-state index in [2.05, 4.69) is 29.3 Å². The lowest BCUT2D eigenvalue weighted by Crippen LogP contribution is -2.28. The van der Waals surface area contributed by atoms with Crippen molar-refractivity contribution in [2.45, 2.75) is 6.42 Å². The van der Waals surface area contributed by atoms with E-state index in [1.54, 1.807) is 11.8 Å². The minimum atomic E-state index is 0.757. The zero-order valence-electron chi connectivity index (χ0n) is 9.66. The molecule has 0 aliphatic carbocycles. The third-order valence-electron chi connectivity index (χ3n) is 2.00. The van der Waals surface area contributed by atoms with Gasteiger partial charge in [0.2, 0.25) is 0 Å². The molecule has 0 atom stereocenters. The zero-order chi connectivity index (χ0) is 10.9. The van der Waals surface area contributed by atoms with Gasteiger partial charge in [-0.05, 0) is 20.5 Å². The number of thioether (sulfide) groups is 1. The Kier molecular flexibility index (Phi) is 6.80. The Hall–Kier alpha value is -0.260. The number of hydrogen-bond donors (Lipinski definition) is 1. The molecule has 0 radical (unpaired) electrons. The van der Waals surface area contributed by atoms with Gasteiger partial charge in [0.1, 0.15) is 0 Å². The summed E-state index contributed by atoms with van der Waals surface area (Å²) in [6.07, 6.45) is 1.20. The molecule has 1 aliphatic rings. The van der Waals surface area contributed by atoms with E-state index in [1.807, 2.05) is 0 Å². The Bertz CT molecular complexity index is 197. The highest BCUT2D eigenvalue weighted by molar-refractivity contribution is 8.13. The predicted octanol–water partition coefficient (Wildman–Crippen LogP) is 0.647. The molecule has 1 heterocycles. The molecule has 4 nitrogen and oxygen atoms in total. The summed E-state index contributed by atoms with van der Waals surface area (Å²) in [5, 5.41) is 4.37. The Morgan fingerprint density at radius 3 is 3.00 bits per heavy atom. The molecule has 88 valence electrons. The molecule has 0 saturated carbocycles. The number of aliphatic imine (C=N–C) groups is 1. The molecular formula is C10H21N3OS. The van der Waals surface area contributed by atoms with E-state index in [4.69, 9.17) is 4.74 Å². The molecule has 0 amide bonds. The summed E-state index contributed by atoms with van der Waals surface area (Å²) in [7, 11) is 4.10. The Balaban J connectivity index is 1.90. The number of nitrogens with one attached hydrogen (secondary N) is 1. The lowest BCUT2D eigenvalue weighted by molar-refractivity contribution is 0.122. The van der Waals surface area contributed by atoms with Gasteiger partial charge in [0.05, 0.1) is 13.2 Å². The van der Waals surface area contributed by atoms with Crippen molar-refractivity contribution < 1.29 is 4.74 Å². The molecule has 0 bridgehead atoms. The molecule has 0 saturated heterocycles. The Morgan fingerprint density at radius 1 is 1.47 bits per heavy atom. The van der Waals surface area contributed by atoms with E-state index in [0.717, 1.165) is 38.0 Å². The number of likely N-dealkylation sites (N-methyl/N-ethyl adjacent to an activating group) is 1. The quantitative estimate of drug-likeness (QED) is 0.681. The highest BCUT2D eigenvalue weighted by atomic mass is 32.2. The van der Waals surface area contributed by atoms with E-state index in [0.29, 0.717) is 0 Å². The summed E-state index contributed by atoms with van der Waals surface area (Å²) in [6, 6.07) is 0. The van der Waals surface area contributed by atoms with Crippen LogP contribution in [0, 0.1) is 0 Å². The minimum absolute atomic E-state index is 0.757. The Morgan fingerprint density at radius 2 is 2.33 bits per heavy atom. The number of hydrogen-bond acceptors (Lipinski definition) is 5. The molecule has 0 aromatic rings. The van der Waals surface area contributed by atoms with Crippen LogP contribution >= 0.6 is 11.8 Å². The third-order valence-corrected chi connectivity index (χ3v) is 3.04. The molecule has 1 aliphatic heterocycles. The number of ether oxygens (including phenoxy) is 1. The lowest BCUT2D eigenvalue weighted by Gasteiger charge is -2.13. The maximum atomic E-state index is 5.47. The fourth-order valence-electron chi connectivity index (χ4n) is 1.15. The predicted molar refractivity (Wildman–Crippen MR) is 66.8 cm³/mol. The van der Waals surface area contributed by atoms with E-state index >= 15 is 0 Å². The van der Waals surface area contributed by atoms with E-state index in [9.17, 15) is 0 Å². The smallest absolute Gasteiger partial charge is 0.156 e. The van der Waals surface area contributed by atoms with Crippen LogP contribution in [0.2, 0.25) is 0 Å². The lowest BCUT2D eigenvalue weighted by atomic mass is 10.5. The molecule has 1 rings (SSSR count). The monoisotopic (exact) mass is 231 g/mol. The first-order chi connectivity index (χ1) is 7.29. The van der Waals surface area contributed by atoms with Crippen LogP contribution in [0.5, 0.6) is 0 Å². The van der Waals surface area contributed by atoms with Crippen molar-refractivity contribution in [3.8, 4) is 0 Å². The van der Waals surface area contributed by atoms with E-state index in [-0.39, 0.29) is 0 Å². The van der Waals surface area contributed by atoms with Crippen molar-refractivity contribution in [2.24, 2.45) is 4.99 Å². The summed E-state index contributed by atoms with van der Waals surface area (Å²) in [5.74, 6) is 1.19. The van der Waals surface area contributed by atoms with Crippen LogP contribution in [0.15, 0.2) is 4.99 Å². The molecule has 0 aromatic heterocycles. The van der Waals surface area contributed by atoms with Crippen molar-refractivity contribution in [3.63, 3.8) is 0 Å². The topological polar surface area (TPSA) is 36.9 Å².